The molecular formula is C29H34ClN3O7S. The zero-order chi connectivity index (χ0) is 30.2. The van der Waals surface area contributed by atoms with Crippen molar-refractivity contribution in [1.29, 1.82) is 0 Å². The van der Waals surface area contributed by atoms with Crippen molar-refractivity contribution in [2.75, 3.05) is 39.2 Å². The summed E-state index contributed by atoms with van der Waals surface area (Å²) < 4.78 is 44.8. The lowest BCUT2D eigenvalue weighted by Crippen LogP contribution is -2.51. The Morgan fingerprint density at radius 2 is 1.54 bits per heavy atom. The summed E-state index contributed by atoms with van der Waals surface area (Å²) in [6.45, 7) is 1.27. The number of carbonyl (C=O) groups is 2. The Labute approximate surface area is 245 Å². The Morgan fingerprint density at radius 3 is 2.07 bits per heavy atom. The van der Waals surface area contributed by atoms with E-state index in [1.165, 1.54) is 68.6 Å². The molecule has 12 heteroatoms. The third kappa shape index (κ3) is 7.42. The quantitative estimate of drug-likeness (QED) is 0.313. The highest BCUT2D eigenvalue weighted by Gasteiger charge is 2.33. The maximum absolute atomic E-state index is 14.0. The van der Waals surface area contributed by atoms with Crippen LogP contribution in [0, 0.1) is 0 Å². The van der Waals surface area contributed by atoms with Gasteiger partial charge in [0, 0.05) is 24.7 Å². The van der Waals surface area contributed by atoms with E-state index in [1.807, 2.05) is 0 Å². The summed E-state index contributed by atoms with van der Waals surface area (Å²) in [6.07, 6.45) is 0.310. The monoisotopic (exact) mass is 603 g/mol. The van der Waals surface area contributed by atoms with Gasteiger partial charge in [-0.25, -0.2) is 8.42 Å². The lowest BCUT2D eigenvalue weighted by atomic mass is 10.1. The number of sulfonamides is 1. The average Bonchev–Trinajstić information content (AvgIpc) is 2.99. The van der Waals surface area contributed by atoms with Crippen LogP contribution >= 0.6 is 11.6 Å². The van der Waals surface area contributed by atoms with Crippen LogP contribution in [0.2, 0.25) is 5.02 Å². The zero-order valence-electron chi connectivity index (χ0n) is 23.6. The molecule has 0 saturated carbocycles. The molecule has 0 aliphatic heterocycles. The first-order valence-corrected chi connectivity index (χ1v) is 14.6. The van der Waals surface area contributed by atoms with Crippen molar-refractivity contribution >= 4 is 39.1 Å². The summed E-state index contributed by atoms with van der Waals surface area (Å²) in [5, 5.41) is 3.00. The Bertz CT molecular complexity index is 1450. The molecule has 0 bridgehead atoms. The van der Waals surface area contributed by atoms with E-state index in [9.17, 15) is 18.0 Å². The first-order valence-electron chi connectivity index (χ1n) is 12.7. The van der Waals surface area contributed by atoms with E-state index >= 15 is 0 Å². The Hall–Kier alpha value is -3.96. The van der Waals surface area contributed by atoms with Gasteiger partial charge in [0.05, 0.1) is 31.9 Å². The highest BCUT2D eigenvalue weighted by molar-refractivity contribution is 7.92. The highest BCUT2D eigenvalue weighted by atomic mass is 35.5. The molecule has 3 rings (SSSR count). The molecule has 0 aliphatic carbocycles. The number of amides is 2. The summed E-state index contributed by atoms with van der Waals surface area (Å²) in [6, 6.07) is 16.5. The van der Waals surface area contributed by atoms with Gasteiger partial charge in [-0.05, 0) is 60.5 Å². The summed E-state index contributed by atoms with van der Waals surface area (Å²) in [4.78, 5) is 28.1. The number of rotatable bonds is 13. The molecule has 0 aliphatic rings. The van der Waals surface area contributed by atoms with Crippen LogP contribution in [-0.4, -0.2) is 66.1 Å². The lowest BCUT2D eigenvalue weighted by Gasteiger charge is -2.33. The molecular weight excluding hydrogens is 570 g/mol. The number of carbonyl (C=O) groups excluding carboxylic acids is 2. The second-order valence-corrected chi connectivity index (χ2v) is 11.2. The van der Waals surface area contributed by atoms with Crippen LogP contribution in [0.1, 0.15) is 18.9 Å². The summed E-state index contributed by atoms with van der Waals surface area (Å²) in [7, 11) is 1.58. The molecule has 0 heterocycles. The lowest BCUT2D eigenvalue weighted by molar-refractivity contribution is -0.140. The number of benzene rings is 3. The molecule has 2 amide bonds. The standard InChI is InChI=1S/C29H34ClN3O7S/c1-6-25(29(35)31-2)32(18-20-7-13-23(38-3)14-8-20)28(34)19-33(22-11-9-21(30)10-12-22)41(36,37)24-15-16-26(39-4)27(17-24)40-5/h7-17,25H,6,18-19H2,1-5H3,(H,31,35)/t25-/m1/s1. The first kappa shape index (κ1) is 31.6. The SMILES string of the molecule is CC[C@H](C(=O)NC)N(Cc1ccc(OC)cc1)C(=O)CN(c1ccc(Cl)cc1)S(=O)(=O)c1ccc(OC)c(OC)c1. The van der Waals surface area contributed by atoms with Crippen molar-refractivity contribution in [2.24, 2.45) is 0 Å². The van der Waals surface area contributed by atoms with E-state index in [-0.39, 0.29) is 28.8 Å². The van der Waals surface area contributed by atoms with E-state index in [2.05, 4.69) is 5.32 Å². The highest BCUT2D eigenvalue weighted by Crippen LogP contribution is 2.33. The van der Waals surface area contributed by atoms with Crippen LogP contribution in [0.5, 0.6) is 17.2 Å². The van der Waals surface area contributed by atoms with Crippen LogP contribution < -0.4 is 23.8 Å². The number of methoxy groups -OCH3 is 3. The van der Waals surface area contributed by atoms with Gasteiger partial charge in [-0.2, -0.15) is 0 Å². The number of nitrogens with zero attached hydrogens (tertiary/aromatic N) is 2. The van der Waals surface area contributed by atoms with Crippen molar-refractivity contribution < 1.29 is 32.2 Å². The minimum absolute atomic E-state index is 0.0691. The summed E-state index contributed by atoms with van der Waals surface area (Å²) >= 11 is 6.07. The molecule has 0 spiro atoms. The van der Waals surface area contributed by atoms with E-state index in [0.29, 0.717) is 22.9 Å². The molecule has 0 saturated heterocycles. The van der Waals surface area contributed by atoms with Crippen LogP contribution in [-0.2, 0) is 26.2 Å². The normalized spacial score (nSPS) is 11.8. The Balaban J connectivity index is 2.08. The molecule has 0 fully saturated rings. The van der Waals surface area contributed by atoms with Gasteiger partial charge in [-0.15, -0.1) is 0 Å². The smallest absolute Gasteiger partial charge is 0.264 e. The van der Waals surface area contributed by atoms with Crippen LogP contribution in [0.25, 0.3) is 0 Å². The van der Waals surface area contributed by atoms with Gasteiger partial charge in [0.1, 0.15) is 18.3 Å². The molecule has 0 unspecified atom stereocenters. The molecule has 10 nitrogen and oxygen atoms in total. The van der Waals surface area contributed by atoms with E-state index < -0.39 is 28.5 Å². The van der Waals surface area contributed by atoms with Gasteiger partial charge in [-0.3, -0.25) is 13.9 Å². The first-order chi connectivity index (χ1) is 19.6. The number of anilines is 1. The second kappa shape index (κ2) is 14.1. The van der Waals surface area contributed by atoms with Gasteiger partial charge < -0.3 is 24.4 Å². The topological polar surface area (TPSA) is 114 Å². The molecule has 0 radical (unpaired) electrons. The summed E-state index contributed by atoms with van der Waals surface area (Å²) in [5.41, 5.74) is 0.956. The molecule has 3 aromatic rings. The maximum atomic E-state index is 14.0. The fourth-order valence-electron chi connectivity index (χ4n) is 4.25. The molecule has 220 valence electrons. The number of ether oxygens (including phenoxy) is 3. The van der Waals surface area contributed by atoms with Crippen molar-refractivity contribution in [3.8, 4) is 17.2 Å². The van der Waals surface area contributed by atoms with Crippen LogP contribution in [0.15, 0.2) is 71.6 Å². The number of nitrogens with one attached hydrogen (secondary N) is 1. The van der Waals surface area contributed by atoms with E-state index in [0.717, 1.165) is 9.87 Å². The van der Waals surface area contributed by atoms with Crippen molar-refractivity contribution in [1.82, 2.24) is 10.2 Å². The third-order valence-corrected chi connectivity index (χ3v) is 8.50. The van der Waals surface area contributed by atoms with E-state index in [4.69, 9.17) is 25.8 Å². The van der Waals surface area contributed by atoms with Gasteiger partial charge in [0.2, 0.25) is 11.8 Å². The number of halogens is 1. The fraction of sp³-hybridized carbons (Fsp3) is 0.310. The van der Waals surface area contributed by atoms with Gasteiger partial charge in [0.15, 0.2) is 11.5 Å². The Kier molecular flexibility index (Phi) is 10.8. The largest absolute Gasteiger partial charge is 0.497 e. The number of likely N-dealkylation sites (N-methyl/N-ethyl adjacent to an activating group) is 1. The van der Waals surface area contributed by atoms with Crippen molar-refractivity contribution in [3.63, 3.8) is 0 Å². The average molecular weight is 604 g/mol. The maximum Gasteiger partial charge on any atom is 0.264 e. The Morgan fingerprint density at radius 1 is 0.902 bits per heavy atom. The fourth-order valence-corrected chi connectivity index (χ4v) is 5.81. The van der Waals surface area contributed by atoms with Gasteiger partial charge in [-0.1, -0.05) is 30.7 Å². The summed E-state index contributed by atoms with van der Waals surface area (Å²) in [5.74, 6) is 0.260. The van der Waals surface area contributed by atoms with Crippen molar-refractivity contribution in [2.45, 2.75) is 30.8 Å². The zero-order valence-corrected chi connectivity index (χ0v) is 25.2. The van der Waals surface area contributed by atoms with Crippen LogP contribution in [0.4, 0.5) is 5.69 Å². The molecule has 1 atom stereocenters. The third-order valence-electron chi connectivity index (χ3n) is 6.48. The second-order valence-electron chi connectivity index (χ2n) is 8.91. The minimum atomic E-state index is -4.30. The van der Waals surface area contributed by atoms with Gasteiger partial charge >= 0.3 is 0 Å². The molecule has 3 aromatic carbocycles. The predicted octanol–water partition coefficient (Wildman–Crippen LogP) is 4.11. The molecule has 0 aromatic heterocycles. The number of hydrogen-bond acceptors (Lipinski definition) is 7. The number of hydrogen-bond donors (Lipinski definition) is 1. The van der Waals surface area contributed by atoms with Crippen molar-refractivity contribution in [3.05, 3.63) is 77.3 Å². The molecule has 41 heavy (non-hydrogen) atoms. The minimum Gasteiger partial charge on any atom is -0.497 e. The van der Waals surface area contributed by atoms with Gasteiger partial charge in [0.25, 0.3) is 10.0 Å². The predicted molar refractivity (Wildman–Crippen MR) is 157 cm³/mol. The molecule has 1 N–H and O–H groups in total. The van der Waals surface area contributed by atoms with Crippen LogP contribution in [0.3, 0.4) is 0 Å². The van der Waals surface area contributed by atoms with E-state index in [1.54, 1.807) is 38.3 Å².